The molecular weight excluding hydrogens is 358 g/mol. The third kappa shape index (κ3) is 4.76. The largest absolute Gasteiger partial charge is 0.497 e. The van der Waals surface area contributed by atoms with Crippen LogP contribution in [0.25, 0.3) is 0 Å². The van der Waals surface area contributed by atoms with Crippen LogP contribution in [0.15, 0.2) is 65.6 Å². The summed E-state index contributed by atoms with van der Waals surface area (Å²) in [6, 6.07) is 16.7. The third-order valence-corrected chi connectivity index (χ3v) is 4.16. The smallest absolute Gasteiger partial charge is 0.412 e. The molecular formula is C21H21N3O4. The fraction of sp³-hybridized carbons (Fsp3) is 0.190. The number of hydrogen-bond acceptors (Lipinski definition) is 5. The van der Waals surface area contributed by atoms with E-state index < -0.39 is 11.7 Å². The van der Waals surface area contributed by atoms with Crippen LogP contribution in [0.3, 0.4) is 0 Å². The Morgan fingerprint density at radius 2 is 1.79 bits per heavy atom. The second-order valence-electron chi connectivity index (χ2n) is 6.20. The van der Waals surface area contributed by atoms with Crippen LogP contribution in [0.5, 0.6) is 5.75 Å². The van der Waals surface area contributed by atoms with Gasteiger partial charge < -0.3 is 9.47 Å². The van der Waals surface area contributed by atoms with Crippen LogP contribution in [0.4, 0.5) is 10.5 Å². The summed E-state index contributed by atoms with van der Waals surface area (Å²) in [5, 5.41) is 6.70. The molecule has 0 spiro atoms. The van der Waals surface area contributed by atoms with Gasteiger partial charge in [-0.3, -0.25) is 10.1 Å². The Morgan fingerprint density at radius 1 is 1.07 bits per heavy atom. The highest BCUT2D eigenvalue weighted by Crippen LogP contribution is 2.13. The Kier molecular flexibility index (Phi) is 6.06. The van der Waals surface area contributed by atoms with Gasteiger partial charge in [0.05, 0.1) is 19.9 Å². The monoisotopic (exact) mass is 379 g/mol. The molecule has 3 aromatic rings. The lowest BCUT2D eigenvalue weighted by atomic mass is 10.2. The molecule has 0 saturated heterocycles. The number of carbonyl (C=O) groups is 1. The predicted molar refractivity (Wildman–Crippen MR) is 106 cm³/mol. The lowest BCUT2D eigenvalue weighted by Crippen LogP contribution is -2.29. The van der Waals surface area contributed by atoms with E-state index in [1.54, 1.807) is 14.0 Å². The standard InChI is InChI=1S/C21H21N3O4/c1-15-12-22-24(13-16-8-10-18(27-2)11-9-16)20(25)19(15)23-21(26)28-14-17-6-4-3-5-7-17/h3-12H,13-14H2,1-2H3,(H,23,26). The molecule has 7 nitrogen and oxygen atoms in total. The first-order chi connectivity index (χ1) is 13.6. The Hall–Kier alpha value is -3.61. The van der Waals surface area contributed by atoms with E-state index in [9.17, 15) is 9.59 Å². The van der Waals surface area contributed by atoms with E-state index in [0.29, 0.717) is 5.56 Å². The summed E-state index contributed by atoms with van der Waals surface area (Å²) in [5.74, 6) is 0.733. The van der Waals surface area contributed by atoms with E-state index in [2.05, 4.69) is 10.4 Å². The number of ether oxygens (including phenoxy) is 2. The average molecular weight is 379 g/mol. The van der Waals surface area contributed by atoms with Crippen molar-refractivity contribution in [2.45, 2.75) is 20.1 Å². The molecule has 0 aliphatic heterocycles. The van der Waals surface area contributed by atoms with Gasteiger partial charge in [0.2, 0.25) is 0 Å². The summed E-state index contributed by atoms with van der Waals surface area (Å²) in [6.45, 7) is 2.10. The number of nitrogens with one attached hydrogen (secondary N) is 1. The van der Waals surface area contributed by atoms with Crippen LogP contribution in [-0.4, -0.2) is 23.0 Å². The van der Waals surface area contributed by atoms with Crippen molar-refractivity contribution in [3.8, 4) is 5.75 Å². The zero-order valence-electron chi connectivity index (χ0n) is 15.7. The van der Waals surface area contributed by atoms with Crippen LogP contribution in [-0.2, 0) is 17.9 Å². The Balaban J connectivity index is 1.71. The fourth-order valence-corrected chi connectivity index (χ4v) is 2.60. The number of methoxy groups -OCH3 is 1. The first kappa shape index (κ1) is 19.2. The quantitative estimate of drug-likeness (QED) is 0.710. The van der Waals surface area contributed by atoms with E-state index in [4.69, 9.17) is 9.47 Å². The van der Waals surface area contributed by atoms with E-state index in [-0.39, 0.29) is 18.8 Å². The molecule has 28 heavy (non-hydrogen) atoms. The molecule has 0 bridgehead atoms. The summed E-state index contributed by atoms with van der Waals surface area (Å²) in [4.78, 5) is 24.8. The topological polar surface area (TPSA) is 82.4 Å². The lowest BCUT2D eigenvalue weighted by molar-refractivity contribution is 0.155. The van der Waals surface area contributed by atoms with Gasteiger partial charge >= 0.3 is 6.09 Å². The van der Waals surface area contributed by atoms with Gasteiger partial charge in [-0.05, 0) is 35.7 Å². The molecule has 0 unspecified atom stereocenters. The van der Waals surface area contributed by atoms with Gasteiger partial charge in [0.15, 0.2) is 0 Å². The molecule has 0 saturated carbocycles. The summed E-state index contributed by atoms with van der Waals surface area (Å²) >= 11 is 0. The number of hydrogen-bond donors (Lipinski definition) is 1. The van der Waals surface area contributed by atoms with Gasteiger partial charge in [-0.15, -0.1) is 0 Å². The van der Waals surface area contributed by atoms with Gasteiger partial charge in [0, 0.05) is 0 Å². The van der Waals surface area contributed by atoms with Gasteiger partial charge in [-0.2, -0.15) is 5.10 Å². The Morgan fingerprint density at radius 3 is 2.46 bits per heavy atom. The number of amides is 1. The van der Waals surface area contributed by atoms with Crippen LogP contribution < -0.4 is 15.6 Å². The first-order valence-corrected chi connectivity index (χ1v) is 8.74. The minimum Gasteiger partial charge on any atom is -0.497 e. The van der Waals surface area contributed by atoms with Crippen molar-refractivity contribution in [1.82, 2.24) is 9.78 Å². The summed E-state index contributed by atoms with van der Waals surface area (Å²) in [5.41, 5.74) is 2.07. The van der Waals surface area contributed by atoms with Crippen LogP contribution >= 0.6 is 0 Å². The number of rotatable bonds is 6. The normalized spacial score (nSPS) is 10.4. The van der Waals surface area contributed by atoms with E-state index in [1.807, 2.05) is 54.6 Å². The third-order valence-electron chi connectivity index (χ3n) is 4.16. The van der Waals surface area contributed by atoms with E-state index in [0.717, 1.165) is 16.9 Å². The maximum Gasteiger partial charge on any atom is 0.412 e. The molecule has 0 radical (unpaired) electrons. The van der Waals surface area contributed by atoms with Gasteiger partial charge in [-0.25, -0.2) is 9.48 Å². The Labute approximate surface area is 162 Å². The van der Waals surface area contributed by atoms with Gasteiger partial charge in [0.1, 0.15) is 18.0 Å². The zero-order valence-corrected chi connectivity index (χ0v) is 15.7. The van der Waals surface area contributed by atoms with Crippen LogP contribution in [0.1, 0.15) is 16.7 Å². The van der Waals surface area contributed by atoms with E-state index >= 15 is 0 Å². The van der Waals surface area contributed by atoms with Crippen LogP contribution in [0.2, 0.25) is 0 Å². The fourth-order valence-electron chi connectivity index (χ4n) is 2.60. The number of nitrogens with zero attached hydrogens (tertiary/aromatic N) is 2. The predicted octanol–water partition coefficient (Wildman–Crippen LogP) is 3.36. The van der Waals surface area contributed by atoms with Crippen molar-refractivity contribution < 1.29 is 14.3 Å². The molecule has 3 rings (SSSR count). The number of benzene rings is 2. The number of carbonyl (C=O) groups excluding carboxylic acids is 1. The highest BCUT2D eigenvalue weighted by atomic mass is 16.5. The van der Waals surface area contributed by atoms with E-state index in [1.165, 1.54) is 10.9 Å². The van der Waals surface area contributed by atoms with Crippen molar-refractivity contribution >= 4 is 11.8 Å². The SMILES string of the molecule is COc1ccc(Cn2ncc(C)c(NC(=O)OCc3ccccc3)c2=O)cc1. The van der Waals surface area contributed by atoms with Crippen molar-refractivity contribution in [2.24, 2.45) is 0 Å². The van der Waals surface area contributed by atoms with Crippen molar-refractivity contribution in [2.75, 3.05) is 12.4 Å². The highest BCUT2D eigenvalue weighted by Gasteiger charge is 2.13. The molecule has 2 aromatic carbocycles. The summed E-state index contributed by atoms with van der Waals surface area (Å²) in [6.07, 6.45) is 0.851. The van der Waals surface area contributed by atoms with Crippen molar-refractivity contribution in [3.63, 3.8) is 0 Å². The second kappa shape index (κ2) is 8.85. The maximum absolute atomic E-state index is 12.7. The van der Waals surface area contributed by atoms with Gasteiger partial charge in [-0.1, -0.05) is 42.5 Å². The zero-order chi connectivity index (χ0) is 19.9. The lowest BCUT2D eigenvalue weighted by Gasteiger charge is -2.11. The highest BCUT2D eigenvalue weighted by molar-refractivity contribution is 5.85. The number of aromatic nitrogens is 2. The Bertz CT molecular complexity index is 998. The minimum atomic E-state index is -0.689. The molecule has 144 valence electrons. The molecule has 0 aliphatic carbocycles. The maximum atomic E-state index is 12.7. The molecule has 0 aliphatic rings. The molecule has 7 heteroatoms. The van der Waals surface area contributed by atoms with Crippen LogP contribution in [0, 0.1) is 6.92 Å². The molecule has 1 aromatic heterocycles. The average Bonchev–Trinajstić information content (AvgIpc) is 2.73. The molecule has 0 fully saturated rings. The van der Waals surface area contributed by atoms with Crippen molar-refractivity contribution in [3.05, 3.63) is 87.8 Å². The summed E-state index contributed by atoms with van der Waals surface area (Å²) in [7, 11) is 1.59. The van der Waals surface area contributed by atoms with Crippen molar-refractivity contribution in [1.29, 1.82) is 0 Å². The number of aryl methyl sites for hydroxylation is 1. The number of anilines is 1. The first-order valence-electron chi connectivity index (χ1n) is 8.74. The van der Waals surface area contributed by atoms with Gasteiger partial charge in [0.25, 0.3) is 5.56 Å². The minimum absolute atomic E-state index is 0.122. The molecule has 1 heterocycles. The molecule has 1 N–H and O–H groups in total. The molecule has 1 amide bonds. The molecule has 0 atom stereocenters. The summed E-state index contributed by atoms with van der Waals surface area (Å²) < 4.78 is 11.6. The second-order valence-corrected chi connectivity index (χ2v) is 6.20.